The van der Waals surface area contributed by atoms with Crippen LogP contribution < -0.4 is 0 Å². The highest BCUT2D eigenvalue weighted by atomic mass is 32.1. The monoisotopic (exact) mass is 376 g/mol. The maximum atomic E-state index is 4.83. The summed E-state index contributed by atoms with van der Waals surface area (Å²) in [5.74, 6) is 0.968. The van der Waals surface area contributed by atoms with E-state index in [1.54, 1.807) is 41.5 Å². The molecule has 0 atom stereocenters. The second-order valence-corrected chi connectivity index (χ2v) is 6.98. The van der Waals surface area contributed by atoms with Gasteiger partial charge in [-0.3, -0.25) is 0 Å². The molecule has 4 aromatic rings. The largest absolute Gasteiger partial charge is 0.472 e. The van der Waals surface area contributed by atoms with Gasteiger partial charge >= 0.3 is 0 Å². The van der Waals surface area contributed by atoms with Crippen molar-refractivity contribution < 1.29 is 8.83 Å². The van der Waals surface area contributed by atoms with Gasteiger partial charge in [-0.15, -0.1) is 11.3 Å². The van der Waals surface area contributed by atoms with Crippen LogP contribution in [0.4, 0.5) is 0 Å². The number of thiophene rings is 2. The van der Waals surface area contributed by atoms with E-state index < -0.39 is 0 Å². The molecule has 0 aliphatic carbocycles. The van der Waals surface area contributed by atoms with Crippen LogP contribution in [0.5, 0.6) is 0 Å². The predicted molar refractivity (Wildman–Crippen MR) is 112 cm³/mol. The molecule has 0 bridgehead atoms. The molecule has 4 rings (SSSR count). The van der Waals surface area contributed by atoms with Crippen molar-refractivity contribution in [1.29, 1.82) is 0 Å². The Bertz CT molecular complexity index is 563. The molecule has 0 radical (unpaired) electrons. The zero-order chi connectivity index (χ0) is 17.6. The molecule has 4 aromatic heterocycles. The van der Waals surface area contributed by atoms with Crippen molar-refractivity contribution in [2.75, 3.05) is 0 Å². The van der Waals surface area contributed by atoms with E-state index in [0.29, 0.717) is 0 Å². The lowest BCUT2D eigenvalue weighted by Crippen LogP contribution is -1.48. The van der Waals surface area contributed by atoms with E-state index in [2.05, 4.69) is 48.2 Å². The van der Waals surface area contributed by atoms with Crippen molar-refractivity contribution in [1.82, 2.24) is 0 Å². The van der Waals surface area contributed by atoms with Crippen molar-refractivity contribution in [2.24, 2.45) is 0 Å². The van der Waals surface area contributed by atoms with Crippen LogP contribution in [0.15, 0.2) is 80.2 Å². The summed E-state index contributed by atoms with van der Waals surface area (Å²) >= 11 is 3.52. The highest BCUT2D eigenvalue weighted by molar-refractivity contribution is 7.09. The highest BCUT2D eigenvalue weighted by Gasteiger charge is 1.77. The summed E-state index contributed by atoms with van der Waals surface area (Å²) in [4.78, 5) is 1.38. The summed E-state index contributed by atoms with van der Waals surface area (Å²) in [6.07, 6.45) is 5.03. The van der Waals surface area contributed by atoms with Gasteiger partial charge in [0.25, 0.3) is 0 Å². The first-order chi connectivity index (χ1) is 11.6. The summed E-state index contributed by atoms with van der Waals surface area (Å²) in [5, 5.41) is 6.28. The summed E-state index contributed by atoms with van der Waals surface area (Å²) < 4.78 is 9.55. The Hall–Kier alpha value is -2.04. The van der Waals surface area contributed by atoms with Gasteiger partial charge in [0.15, 0.2) is 0 Å². The third kappa shape index (κ3) is 13.0. The smallest absolute Gasteiger partial charge is 0.100 e. The molecule has 4 heteroatoms. The number of aryl methyl sites for hydroxylation is 4. The second-order valence-electron chi connectivity index (χ2n) is 5.05. The minimum atomic E-state index is 0. The maximum Gasteiger partial charge on any atom is 0.100 e. The first-order valence-electron chi connectivity index (χ1n) is 7.55. The molecule has 0 aliphatic rings. The average Bonchev–Trinajstić information content (AvgIpc) is 3.31. The molecule has 0 aliphatic heterocycles. The van der Waals surface area contributed by atoms with Crippen LogP contribution >= 0.6 is 22.7 Å². The second kappa shape index (κ2) is 14.3. The first kappa shape index (κ1) is 23.0. The van der Waals surface area contributed by atoms with E-state index in [-0.39, 0.29) is 7.43 Å². The molecular weight excluding hydrogens is 348 g/mol. The third-order valence-corrected chi connectivity index (χ3v) is 4.26. The lowest BCUT2D eigenvalue weighted by Gasteiger charge is -1.69. The summed E-state index contributed by atoms with van der Waals surface area (Å²) in [6, 6.07) is 12.0. The van der Waals surface area contributed by atoms with Crippen LogP contribution in [0, 0.1) is 27.7 Å². The maximum absolute atomic E-state index is 4.83. The van der Waals surface area contributed by atoms with Gasteiger partial charge in [-0.1, -0.05) is 13.5 Å². The van der Waals surface area contributed by atoms with Crippen molar-refractivity contribution in [3.8, 4) is 0 Å². The summed E-state index contributed by atoms with van der Waals surface area (Å²) in [5.41, 5.74) is 2.54. The fraction of sp³-hybridized carbons (Fsp3) is 0.238. The molecule has 0 amide bonds. The summed E-state index contributed by atoms with van der Waals surface area (Å²) in [7, 11) is 0. The zero-order valence-electron chi connectivity index (χ0n) is 14.6. The van der Waals surface area contributed by atoms with Gasteiger partial charge in [0.05, 0.1) is 18.8 Å². The van der Waals surface area contributed by atoms with Crippen LogP contribution in [0.3, 0.4) is 0 Å². The molecule has 0 saturated carbocycles. The molecule has 0 N–H and O–H groups in total. The number of hydrogen-bond donors (Lipinski definition) is 0. The summed E-state index contributed by atoms with van der Waals surface area (Å²) in [6.45, 7) is 8.10. The lowest BCUT2D eigenvalue weighted by molar-refractivity contribution is 0.534. The van der Waals surface area contributed by atoms with Crippen LogP contribution in [0.2, 0.25) is 0 Å². The minimum Gasteiger partial charge on any atom is -0.472 e. The van der Waals surface area contributed by atoms with Crippen LogP contribution in [0.1, 0.15) is 29.2 Å². The Labute approximate surface area is 159 Å². The van der Waals surface area contributed by atoms with E-state index in [1.165, 1.54) is 16.0 Å². The number of furan rings is 2. The molecule has 0 aromatic carbocycles. The quantitative estimate of drug-likeness (QED) is 0.311. The van der Waals surface area contributed by atoms with Crippen LogP contribution in [-0.4, -0.2) is 0 Å². The van der Waals surface area contributed by atoms with Gasteiger partial charge in [-0.2, -0.15) is 11.3 Å². The topological polar surface area (TPSA) is 26.3 Å². The molecule has 136 valence electrons. The molecule has 0 fully saturated rings. The standard InChI is InChI=1S/2C5H6O.2C5H6S.CH4/c1-5-2-3-6-4-5;1-5-3-2-4-6-5;1-5-2-3-6-4-5;1-5-3-2-4-6-5;/h4*2-4H,1H3;1H4. The fourth-order valence-corrected chi connectivity index (χ4v) is 2.58. The van der Waals surface area contributed by atoms with Crippen molar-refractivity contribution in [2.45, 2.75) is 35.1 Å². The molecule has 0 saturated heterocycles. The predicted octanol–water partition coefficient (Wildman–Crippen LogP) is 7.93. The Morgan fingerprint density at radius 1 is 0.800 bits per heavy atom. The highest BCUT2D eigenvalue weighted by Crippen LogP contribution is 2.03. The van der Waals surface area contributed by atoms with E-state index in [0.717, 1.165) is 5.76 Å². The van der Waals surface area contributed by atoms with Gasteiger partial charge in [0, 0.05) is 4.88 Å². The SMILES string of the molecule is C.Cc1ccco1.Cc1cccs1.Cc1ccoc1.Cc1ccsc1. The molecule has 2 nitrogen and oxygen atoms in total. The Balaban J connectivity index is 0.000000303. The normalized spacial score (nSPS) is 8.48. The van der Waals surface area contributed by atoms with Crippen LogP contribution in [0.25, 0.3) is 0 Å². The molecule has 4 heterocycles. The average molecular weight is 377 g/mol. The van der Waals surface area contributed by atoms with Gasteiger partial charge in [0.2, 0.25) is 0 Å². The Morgan fingerprint density at radius 3 is 1.76 bits per heavy atom. The van der Waals surface area contributed by atoms with Crippen molar-refractivity contribution in [3.63, 3.8) is 0 Å². The first-order valence-corrected chi connectivity index (χ1v) is 9.38. The van der Waals surface area contributed by atoms with Crippen molar-refractivity contribution >= 4 is 22.7 Å². The molecular formula is C21H28O2S2. The van der Waals surface area contributed by atoms with Gasteiger partial charge in [-0.25, -0.2) is 0 Å². The Morgan fingerprint density at radius 2 is 1.60 bits per heavy atom. The zero-order valence-corrected chi connectivity index (χ0v) is 16.2. The number of hydrogen-bond acceptors (Lipinski definition) is 4. The van der Waals surface area contributed by atoms with E-state index in [9.17, 15) is 0 Å². The van der Waals surface area contributed by atoms with E-state index in [1.807, 2.05) is 32.0 Å². The fourth-order valence-electron chi connectivity index (χ4n) is 1.39. The third-order valence-electron chi connectivity index (χ3n) is 2.65. The lowest BCUT2D eigenvalue weighted by atomic mass is 10.4. The van der Waals surface area contributed by atoms with E-state index >= 15 is 0 Å². The van der Waals surface area contributed by atoms with Crippen LogP contribution in [-0.2, 0) is 0 Å². The van der Waals surface area contributed by atoms with E-state index in [4.69, 9.17) is 8.83 Å². The molecule has 0 spiro atoms. The van der Waals surface area contributed by atoms with Gasteiger partial charge in [0.1, 0.15) is 5.76 Å². The minimum absolute atomic E-state index is 0. The molecule has 25 heavy (non-hydrogen) atoms. The number of rotatable bonds is 0. The van der Waals surface area contributed by atoms with Gasteiger partial charge in [-0.05, 0) is 85.3 Å². The molecule has 0 unspecified atom stereocenters. The Kier molecular flexibility index (Phi) is 13.1. The van der Waals surface area contributed by atoms with Crippen molar-refractivity contribution in [3.05, 3.63) is 93.1 Å². The van der Waals surface area contributed by atoms with Gasteiger partial charge < -0.3 is 8.83 Å².